The molecule has 6 heteroatoms. The van der Waals surface area contributed by atoms with Gasteiger partial charge in [0.15, 0.2) is 0 Å². The Labute approximate surface area is 92.3 Å². The first-order valence-corrected chi connectivity index (χ1v) is 4.28. The van der Waals surface area contributed by atoms with Gasteiger partial charge in [-0.05, 0) is 6.92 Å². The van der Waals surface area contributed by atoms with Gasteiger partial charge in [0.05, 0.1) is 0 Å². The minimum Gasteiger partial charge on any atom is -0.420 e. The SMILES string of the molecule is C=CC(=O)OC(OC(=O)C=C)C(C)N=C=O. The third kappa shape index (κ3) is 4.88. The highest BCUT2D eigenvalue weighted by Gasteiger charge is 2.23. The molecular formula is C10H11NO5. The van der Waals surface area contributed by atoms with Crippen molar-refractivity contribution in [3.8, 4) is 0 Å². The number of carbonyl (C=O) groups excluding carboxylic acids is 3. The zero-order chi connectivity index (χ0) is 12.6. The Balaban J connectivity index is 4.66. The number of carbonyl (C=O) groups is 2. The van der Waals surface area contributed by atoms with Gasteiger partial charge in [-0.25, -0.2) is 14.4 Å². The van der Waals surface area contributed by atoms with Crippen LogP contribution >= 0.6 is 0 Å². The molecule has 6 nitrogen and oxygen atoms in total. The Morgan fingerprint density at radius 1 is 1.25 bits per heavy atom. The molecule has 16 heavy (non-hydrogen) atoms. The number of ether oxygens (including phenoxy) is 2. The van der Waals surface area contributed by atoms with Crippen molar-refractivity contribution < 1.29 is 23.9 Å². The summed E-state index contributed by atoms with van der Waals surface area (Å²) in [5.74, 6) is -1.59. The van der Waals surface area contributed by atoms with Crippen LogP contribution in [0.15, 0.2) is 30.3 Å². The van der Waals surface area contributed by atoms with E-state index in [0.717, 1.165) is 12.2 Å². The number of nitrogens with zero attached hydrogens (tertiary/aromatic N) is 1. The Bertz CT molecular complexity index is 321. The number of rotatable bonds is 6. The number of aliphatic imine (C=N–C) groups is 1. The molecule has 0 bridgehead atoms. The van der Waals surface area contributed by atoms with E-state index in [1.165, 1.54) is 13.0 Å². The van der Waals surface area contributed by atoms with Crippen LogP contribution in [0.3, 0.4) is 0 Å². The maximum absolute atomic E-state index is 10.9. The Hall–Kier alpha value is -2.20. The summed E-state index contributed by atoms with van der Waals surface area (Å²) in [7, 11) is 0. The second-order valence-electron chi connectivity index (χ2n) is 2.61. The second kappa shape index (κ2) is 7.14. The van der Waals surface area contributed by atoms with Crippen LogP contribution in [-0.2, 0) is 23.9 Å². The first kappa shape index (κ1) is 13.8. The van der Waals surface area contributed by atoms with Crippen LogP contribution in [0.4, 0.5) is 0 Å². The van der Waals surface area contributed by atoms with E-state index in [9.17, 15) is 14.4 Å². The highest BCUT2D eigenvalue weighted by Crippen LogP contribution is 2.06. The molecule has 0 spiro atoms. The van der Waals surface area contributed by atoms with Crippen LogP contribution in [0, 0.1) is 0 Å². The molecule has 1 atom stereocenters. The number of hydrogen-bond acceptors (Lipinski definition) is 6. The van der Waals surface area contributed by atoms with Gasteiger partial charge in [0, 0.05) is 12.2 Å². The van der Waals surface area contributed by atoms with Crippen LogP contribution in [-0.4, -0.2) is 30.4 Å². The largest absolute Gasteiger partial charge is 0.420 e. The monoisotopic (exact) mass is 225 g/mol. The van der Waals surface area contributed by atoms with Crippen molar-refractivity contribution in [2.75, 3.05) is 0 Å². The molecule has 0 amide bonds. The lowest BCUT2D eigenvalue weighted by atomic mass is 10.3. The van der Waals surface area contributed by atoms with Gasteiger partial charge in [-0.2, -0.15) is 4.99 Å². The summed E-state index contributed by atoms with van der Waals surface area (Å²) in [6.07, 6.45) is 1.75. The van der Waals surface area contributed by atoms with E-state index < -0.39 is 24.3 Å². The van der Waals surface area contributed by atoms with Crippen LogP contribution in [0.5, 0.6) is 0 Å². The summed E-state index contributed by atoms with van der Waals surface area (Å²) in [6, 6.07) is -0.856. The van der Waals surface area contributed by atoms with E-state index in [1.807, 2.05) is 0 Å². The fraction of sp³-hybridized carbons (Fsp3) is 0.300. The van der Waals surface area contributed by atoms with Crippen LogP contribution in [0.2, 0.25) is 0 Å². The Kier molecular flexibility index (Phi) is 6.16. The number of isocyanates is 1. The third-order valence-corrected chi connectivity index (χ3v) is 1.45. The topological polar surface area (TPSA) is 82.0 Å². The van der Waals surface area contributed by atoms with E-state index in [0.29, 0.717) is 0 Å². The average Bonchev–Trinajstić information content (AvgIpc) is 2.27. The van der Waals surface area contributed by atoms with Crippen molar-refractivity contribution in [2.24, 2.45) is 4.99 Å². The minimum atomic E-state index is -1.31. The lowest BCUT2D eigenvalue weighted by Crippen LogP contribution is -2.32. The summed E-state index contributed by atoms with van der Waals surface area (Å²) in [5, 5.41) is 0. The van der Waals surface area contributed by atoms with E-state index in [1.54, 1.807) is 0 Å². The van der Waals surface area contributed by atoms with Crippen molar-refractivity contribution in [1.29, 1.82) is 0 Å². The average molecular weight is 225 g/mol. The van der Waals surface area contributed by atoms with Gasteiger partial charge in [-0.1, -0.05) is 13.2 Å². The van der Waals surface area contributed by atoms with Crippen molar-refractivity contribution in [3.63, 3.8) is 0 Å². The molecule has 0 aliphatic heterocycles. The molecule has 0 aromatic rings. The van der Waals surface area contributed by atoms with E-state index in [-0.39, 0.29) is 0 Å². The standard InChI is InChI=1S/C10H11NO5/c1-4-8(13)15-10(7(3)11-6-12)16-9(14)5-2/h4-5,7,10H,1-2H2,3H3. The van der Waals surface area contributed by atoms with Gasteiger partial charge < -0.3 is 9.47 Å². The summed E-state index contributed by atoms with van der Waals surface area (Å²) < 4.78 is 9.33. The molecule has 0 fully saturated rings. The van der Waals surface area contributed by atoms with E-state index in [4.69, 9.17) is 0 Å². The molecule has 0 heterocycles. The first-order chi connectivity index (χ1) is 7.54. The van der Waals surface area contributed by atoms with Crippen LogP contribution < -0.4 is 0 Å². The van der Waals surface area contributed by atoms with Crippen LogP contribution in [0.25, 0.3) is 0 Å². The quantitative estimate of drug-likeness (QED) is 0.216. The van der Waals surface area contributed by atoms with Gasteiger partial charge >= 0.3 is 11.9 Å². The normalized spacial score (nSPS) is 10.9. The maximum atomic E-state index is 10.9. The van der Waals surface area contributed by atoms with Crippen molar-refractivity contribution >= 4 is 18.0 Å². The lowest BCUT2D eigenvalue weighted by molar-refractivity contribution is -0.183. The molecule has 86 valence electrons. The van der Waals surface area contributed by atoms with Crippen molar-refractivity contribution in [1.82, 2.24) is 0 Å². The molecule has 0 aliphatic rings. The van der Waals surface area contributed by atoms with Gasteiger partial charge in [0.2, 0.25) is 6.08 Å². The summed E-state index contributed by atoms with van der Waals surface area (Å²) in [6.45, 7) is 7.77. The smallest absolute Gasteiger partial charge is 0.333 e. The van der Waals surface area contributed by atoms with E-state index in [2.05, 4.69) is 27.6 Å². The summed E-state index contributed by atoms with van der Waals surface area (Å²) >= 11 is 0. The molecular weight excluding hydrogens is 214 g/mol. The zero-order valence-corrected chi connectivity index (χ0v) is 8.71. The summed E-state index contributed by atoms with van der Waals surface area (Å²) in [4.78, 5) is 35.1. The molecule has 1 unspecified atom stereocenters. The van der Waals surface area contributed by atoms with Gasteiger partial charge in [-0.15, -0.1) is 0 Å². The van der Waals surface area contributed by atoms with E-state index >= 15 is 0 Å². The highest BCUT2D eigenvalue weighted by atomic mass is 16.7. The zero-order valence-electron chi connectivity index (χ0n) is 8.71. The highest BCUT2D eigenvalue weighted by molar-refractivity contribution is 5.83. The van der Waals surface area contributed by atoms with Crippen molar-refractivity contribution in [3.05, 3.63) is 25.3 Å². The first-order valence-electron chi connectivity index (χ1n) is 4.28. The predicted octanol–water partition coefficient (Wildman–Crippen LogP) is 0.495. The fourth-order valence-corrected chi connectivity index (χ4v) is 0.690. The van der Waals surface area contributed by atoms with Gasteiger partial charge in [-0.3, -0.25) is 0 Å². The second-order valence-corrected chi connectivity index (χ2v) is 2.61. The molecule has 0 aromatic carbocycles. The molecule has 0 saturated carbocycles. The molecule has 0 aliphatic carbocycles. The van der Waals surface area contributed by atoms with Crippen LogP contribution in [0.1, 0.15) is 6.92 Å². The molecule has 0 rings (SSSR count). The predicted molar refractivity (Wildman–Crippen MR) is 53.9 cm³/mol. The third-order valence-electron chi connectivity index (χ3n) is 1.45. The molecule has 0 radical (unpaired) electrons. The number of hydrogen-bond donors (Lipinski definition) is 0. The Morgan fingerprint density at radius 3 is 2.00 bits per heavy atom. The Morgan fingerprint density at radius 2 is 1.69 bits per heavy atom. The van der Waals surface area contributed by atoms with Gasteiger partial charge in [0.1, 0.15) is 6.04 Å². The molecule has 0 N–H and O–H groups in total. The minimum absolute atomic E-state index is 0.796. The molecule has 0 aromatic heterocycles. The summed E-state index contributed by atoms with van der Waals surface area (Å²) in [5.41, 5.74) is 0. The maximum Gasteiger partial charge on any atom is 0.333 e. The number of esters is 2. The van der Waals surface area contributed by atoms with Crippen molar-refractivity contribution in [2.45, 2.75) is 19.3 Å². The van der Waals surface area contributed by atoms with Gasteiger partial charge in [0.25, 0.3) is 6.29 Å². The fourth-order valence-electron chi connectivity index (χ4n) is 0.690. The molecule has 0 saturated heterocycles. The lowest BCUT2D eigenvalue weighted by Gasteiger charge is -2.18.